The highest BCUT2D eigenvalue weighted by atomic mass is 32.2. The largest absolute Gasteiger partial charge is 0.497 e. The molecular weight excluding hydrogens is 394 g/mol. The molecule has 0 aliphatic heterocycles. The Balaban J connectivity index is 1.50. The molecule has 4 rings (SSSR count). The summed E-state index contributed by atoms with van der Waals surface area (Å²) in [5.74, 6) is 4.23. The summed E-state index contributed by atoms with van der Waals surface area (Å²) < 4.78 is 23.3. The van der Waals surface area contributed by atoms with Crippen LogP contribution in [0.25, 0.3) is 22.8 Å². The molecule has 9 nitrogen and oxygen atoms in total. The molecule has 0 radical (unpaired) electrons. The maximum Gasteiger partial charge on any atom is 0.237 e. The summed E-state index contributed by atoms with van der Waals surface area (Å²) in [5, 5.41) is 13.3. The molecule has 1 aromatic carbocycles. The van der Waals surface area contributed by atoms with E-state index in [-0.39, 0.29) is 0 Å². The van der Waals surface area contributed by atoms with Crippen molar-refractivity contribution in [2.75, 3.05) is 14.2 Å². The van der Waals surface area contributed by atoms with Gasteiger partial charge < -0.3 is 23.0 Å². The number of furan rings is 1. The molecule has 0 N–H and O–H groups in total. The molecule has 0 saturated carbocycles. The fraction of sp³-hybridized carbons (Fsp3) is 0.263. The first-order chi connectivity index (χ1) is 14.1. The highest BCUT2D eigenvalue weighted by Gasteiger charge is 2.17. The third-order valence-corrected chi connectivity index (χ3v) is 5.38. The van der Waals surface area contributed by atoms with E-state index in [1.54, 1.807) is 26.5 Å². The average Bonchev–Trinajstić information content (AvgIpc) is 3.46. The first-order valence-corrected chi connectivity index (χ1v) is 9.71. The maximum absolute atomic E-state index is 5.41. The Morgan fingerprint density at radius 1 is 1.10 bits per heavy atom. The fourth-order valence-electron chi connectivity index (χ4n) is 2.82. The second kappa shape index (κ2) is 8.00. The van der Waals surface area contributed by atoms with E-state index < -0.39 is 0 Å². The normalized spacial score (nSPS) is 11.0. The van der Waals surface area contributed by atoms with Gasteiger partial charge in [0.2, 0.25) is 11.7 Å². The van der Waals surface area contributed by atoms with Gasteiger partial charge in [0.15, 0.2) is 11.0 Å². The van der Waals surface area contributed by atoms with Crippen molar-refractivity contribution in [3.05, 3.63) is 42.2 Å². The minimum atomic E-state index is 0.452. The lowest BCUT2D eigenvalue weighted by Crippen LogP contribution is -1.95. The van der Waals surface area contributed by atoms with Gasteiger partial charge in [-0.15, -0.1) is 10.2 Å². The summed E-state index contributed by atoms with van der Waals surface area (Å²) in [5.41, 5.74) is 1.64. The molecule has 4 aromatic rings. The Morgan fingerprint density at radius 3 is 2.69 bits per heavy atom. The van der Waals surface area contributed by atoms with Crippen molar-refractivity contribution in [2.45, 2.75) is 17.8 Å². The molecule has 10 heteroatoms. The Hall–Kier alpha value is -3.27. The highest BCUT2D eigenvalue weighted by molar-refractivity contribution is 7.98. The predicted octanol–water partition coefficient (Wildman–Crippen LogP) is 3.74. The number of nitrogens with zero attached hydrogens (tertiary/aromatic N) is 5. The molecule has 0 spiro atoms. The molecule has 0 fully saturated rings. The maximum atomic E-state index is 5.41. The molecule has 0 saturated heterocycles. The molecule has 150 valence electrons. The van der Waals surface area contributed by atoms with Crippen LogP contribution in [0.4, 0.5) is 0 Å². The van der Waals surface area contributed by atoms with Crippen molar-refractivity contribution in [3.8, 4) is 34.3 Å². The van der Waals surface area contributed by atoms with E-state index in [0.29, 0.717) is 29.0 Å². The molecule has 0 bridgehead atoms. The van der Waals surface area contributed by atoms with Gasteiger partial charge in [-0.25, -0.2) is 0 Å². The van der Waals surface area contributed by atoms with Crippen LogP contribution in [0.5, 0.6) is 11.5 Å². The van der Waals surface area contributed by atoms with Gasteiger partial charge in [-0.3, -0.25) is 0 Å². The standard InChI is InChI=1S/C19H19N5O4S/c1-11-13(7-8-27-11)18-21-22-19(24(18)2)29-10-16-20-17(23-28-16)14-6-5-12(25-3)9-15(14)26-4/h5-9H,10H2,1-4H3. The molecule has 3 aromatic heterocycles. The Labute approximate surface area is 171 Å². The van der Waals surface area contributed by atoms with Gasteiger partial charge in [0.1, 0.15) is 17.3 Å². The molecule has 0 unspecified atom stereocenters. The molecule has 0 amide bonds. The highest BCUT2D eigenvalue weighted by Crippen LogP contribution is 2.32. The van der Waals surface area contributed by atoms with Gasteiger partial charge in [-0.05, 0) is 25.1 Å². The molecular formula is C19H19N5O4S. The Kier molecular flexibility index (Phi) is 5.26. The summed E-state index contributed by atoms with van der Waals surface area (Å²) in [6, 6.07) is 7.31. The number of rotatable bonds is 7. The number of methoxy groups -OCH3 is 2. The van der Waals surface area contributed by atoms with Crippen molar-refractivity contribution < 1.29 is 18.4 Å². The van der Waals surface area contributed by atoms with Gasteiger partial charge in [-0.2, -0.15) is 4.98 Å². The summed E-state index contributed by atoms with van der Waals surface area (Å²) in [4.78, 5) is 4.47. The summed E-state index contributed by atoms with van der Waals surface area (Å²) in [6.07, 6.45) is 1.64. The number of aromatic nitrogens is 5. The van der Waals surface area contributed by atoms with E-state index >= 15 is 0 Å². The average molecular weight is 413 g/mol. The fourth-order valence-corrected chi connectivity index (χ4v) is 3.57. The van der Waals surface area contributed by atoms with Gasteiger partial charge >= 0.3 is 0 Å². The van der Waals surface area contributed by atoms with Gasteiger partial charge in [0, 0.05) is 13.1 Å². The molecule has 0 aliphatic carbocycles. The minimum Gasteiger partial charge on any atom is -0.497 e. The van der Waals surface area contributed by atoms with E-state index in [1.165, 1.54) is 11.8 Å². The van der Waals surface area contributed by atoms with Crippen LogP contribution in [0.15, 0.2) is 44.6 Å². The number of hydrogen-bond acceptors (Lipinski definition) is 9. The van der Waals surface area contributed by atoms with Gasteiger partial charge in [0.25, 0.3) is 0 Å². The summed E-state index contributed by atoms with van der Waals surface area (Å²) in [7, 11) is 5.10. The topological polar surface area (TPSA) is 101 Å². The summed E-state index contributed by atoms with van der Waals surface area (Å²) in [6.45, 7) is 1.89. The number of hydrogen-bond donors (Lipinski definition) is 0. The molecule has 29 heavy (non-hydrogen) atoms. The zero-order valence-electron chi connectivity index (χ0n) is 16.4. The Bertz CT molecular complexity index is 1130. The van der Waals surface area contributed by atoms with Gasteiger partial charge in [-0.1, -0.05) is 16.9 Å². The third-order valence-electron chi connectivity index (χ3n) is 4.38. The van der Waals surface area contributed by atoms with E-state index in [1.807, 2.05) is 36.7 Å². The third kappa shape index (κ3) is 3.70. The molecule has 0 aliphatic rings. The van der Waals surface area contributed by atoms with Crippen LogP contribution in [0.3, 0.4) is 0 Å². The lowest BCUT2D eigenvalue weighted by atomic mass is 10.2. The predicted molar refractivity (Wildman–Crippen MR) is 106 cm³/mol. The van der Waals surface area contributed by atoms with Crippen molar-refractivity contribution in [2.24, 2.45) is 7.05 Å². The molecule has 0 atom stereocenters. The van der Waals surface area contributed by atoms with Crippen LogP contribution in [0, 0.1) is 6.92 Å². The van der Waals surface area contributed by atoms with Crippen molar-refractivity contribution in [1.29, 1.82) is 0 Å². The van der Waals surface area contributed by atoms with Crippen LogP contribution >= 0.6 is 11.8 Å². The number of aryl methyl sites for hydroxylation is 1. The van der Waals surface area contributed by atoms with E-state index in [9.17, 15) is 0 Å². The van der Waals surface area contributed by atoms with Crippen LogP contribution in [-0.4, -0.2) is 39.1 Å². The monoisotopic (exact) mass is 413 g/mol. The quantitative estimate of drug-likeness (QED) is 0.419. The van der Waals surface area contributed by atoms with Crippen LogP contribution in [0.1, 0.15) is 11.7 Å². The first kappa shape index (κ1) is 19.1. The van der Waals surface area contributed by atoms with E-state index in [2.05, 4.69) is 20.3 Å². The van der Waals surface area contributed by atoms with Crippen molar-refractivity contribution in [1.82, 2.24) is 24.9 Å². The molecule has 3 heterocycles. The zero-order chi connectivity index (χ0) is 20.4. The number of ether oxygens (including phenoxy) is 2. The van der Waals surface area contributed by atoms with Crippen LogP contribution in [0.2, 0.25) is 0 Å². The van der Waals surface area contributed by atoms with Gasteiger partial charge in [0.05, 0.1) is 37.4 Å². The van der Waals surface area contributed by atoms with Crippen molar-refractivity contribution in [3.63, 3.8) is 0 Å². The smallest absolute Gasteiger partial charge is 0.237 e. The first-order valence-electron chi connectivity index (χ1n) is 8.72. The lowest BCUT2D eigenvalue weighted by Gasteiger charge is -2.07. The minimum absolute atomic E-state index is 0.452. The summed E-state index contributed by atoms with van der Waals surface area (Å²) >= 11 is 1.46. The van der Waals surface area contributed by atoms with Crippen molar-refractivity contribution >= 4 is 11.8 Å². The Morgan fingerprint density at radius 2 is 1.97 bits per heavy atom. The van der Waals surface area contributed by atoms with Crippen LogP contribution in [-0.2, 0) is 12.8 Å². The second-order valence-corrected chi connectivity index (χ2v) is 7.06. The van der Waals surface area contributed by atoms with E-state index in [4.69, 9.17) is 18.4 Å². The SMILES string of the molecule is COc1ccc(-c2noc(CSc3nnc(-c4ccoc4C)n3C)n2)c(OC)c1. The van der Waals surface area contributed by atoms with Crippen LogP contribution < -0.4 is 9.47 Å². The number of benzene rings is 1. The lowest BCUT2D eigenvalue weighted by molar-refractivity contribution is 0.388. The zero-order valence-corrected chi connectivity index (χ0v) is 17.2. The number of thioether (sulfide) groups is 1. The van der Waals surface area contributed by atoms with E-state index in [0.717, 1.165) is 27.9 Å². The second-order valence-electron chi connectivity index (χ2n) is 6.12.